The second kappa shape index (κ2) is 6.36. The number of nitrogens with one attached hydrogen (secondary N) is 1. The van der Waals surface area contributed by atoms with Crippen molar-refractivity contribution in [3.05, 3.63) is 34.6 Å². The lowest BCUT2D eigenvalue weighted by Gasteiger charge is -2.22. The molecule has 0 aliphatic rings. The molecule has 0 fully saturated rings. The van der Waals surface area contributed by atoms with Crippen molar-refractivity contribution in [1.29, 1.82) is 0 Å². The molecule has 0 aliphatic carbocycles. The number of benzene rings is 1. The second-order valence-electron chi connectivity index (χ2n) is 5.09. The zero-order valence-corrected chi connectivity index (χ0v) is 11.7. The predicted octanol–water partition coefficient (Wildman–Crippen LogP) is 4.56. The van der Waals surface area contributed by atoms with Crippen LogP contribution in [0.5, 0.6) is 0 Å². The van der Waals surface area contributed by atoms with Crippen LogP contribution in [-0.4, -0.2) is 6.04 Å². The van der Waals surface area contributed by atoms with Crippen molar-refractivity contribution in [3.8, 4) is 0 Å². The fraction of sp³-hybridized carbons (Fsp3) is 0.571. The van der Waals surface area contributed by atoms with E-state index >= 15 is 0 Å². The standard InChI is InChI=1S/C14H21ClFN/c1-9(2)7-10(3)17-11(4)12-5-6-14(16)13(15)8-12/h5-6,8-11,17H,7H2,1-4H3. The summed E-state index contributed by atoms with van der Waals surface area (Å²) in [5, 5.41) is 3.68. The van der Waals surface area contributed by atoms with Crippen molar-refractivity contribution in [2.75, 3.05) is 0 Å². The van der Waals surface area contributed by atoms with Crippen molar-refractivity contribution in [1.82, 2.24) is 5.32 Å². The van der Waals surface area contributed by atoms with Crippen molar-refractivity contribution < 1.29 is 4.39 Å². The largest absolute Gasteiger partial charge is 0.308 e. The summed E-state index contributed by atoms with van der Waals surface area (Å²) in [4.78, 5) is 0. The highest BCUT2D eigenvalue weighted by Gasteiger charge is 2.12. The molecule has 0 aromatic heterocycles. The third kappa shape index (κ3) is 4.64. The molecule has 0 radical (unpaired) electrons. The molecule has 0 bridgehead atoms. The molecule has 0 spiro atoms. The fourth-order valence-electron chi connectivity index (χ4n) is 2.08. The summed E-state index contributed by atoms with van der Waals surface area (Å²) < 4.78 is 13.0. The number of rotatable bonds is 5. The van der Waals surface area contributed by atoms with Crippen LogP contribution in [0.4, 0.5) is 4.39 Å². The minimum atomic E-state index is -0.363. The van der Waals surface area contributed by atoms with E-state index in [9.17, 15) is 4.39 Å². The molecular formula is C14H21ClFN. The summed E-state index contributed by atoms with van der Waals surface area (Å²) in [5.41, 5.74) is 1.02. The smallest absolute Gasteiger partial charge is 0.141 e. The maximum absolute atomic E-state index is 13.0. The van der Waals surface area contributed by atoms with Gasteiger partial charge in [0, 0.05) is 12.1 Å². The van der Waals surface area contributed by atoms with E-state index < -0.39 is 0 Å². The molecule has 0 amide bonds. The Bertz CT molecular complexity index is 365. The van der Waals surface area contributed by atoms with Crippen LogP contribution in [0, 0.1) is 11.7 Å². The van der Waals surface area contributed by atoms with Crippen LogP contribution < -0.4 is 5.32 Å². The molecule has 96 valence electrons. The zero-order chi connectivity index (χ0) is 13.0. The van der Waals surface area contributed by atoms with Crippen LogP contribution in [0.3, 0.4) is 0 Å². The highest BCUT2D eigenvalue weighted by atomic mass is 35.5. The Morgan fingerprint density at radius 2 is 1.88 bits per heavy atom. The zero-order valence-electron chi connectivity index (χ0n) is 10.9. The van der Waals surface area contributed by atoms with Gasteiger partial charge in [0.15, 0.2) is 0 Å². The van der Waals surface area contributed by atoms with Crippen LogP contribution in [0.2, 0.25) is 5.02 Å². The second-order valence-corrected chi connectivity index (χ2v) is 5.50. The molecule has 17 heavy (non-hydrogen) atoms. The van der Waals surface area contributed by atoms with Gasteiger partial charge >= 0.3 is 0 Å². The summed E-state index contributed by atoms with van der Waals surface area (Å²) in [6.07, 6.45) is 1.12. The van der Waals surface area contributed by atoms with E-state index in [1.807, 2.05) is 0 Å². The van der Waals surface area contributed by atoms with Gasteiger partial charge in [0.2, 0.25) is 0 Å². The number of halogens is 2. The molecule has 1 nitrogen and oxygen atoms in total. The first-order valence-electron chi connectivity index (χ1n) is 6.11. The van der Waals surface area contributed by atoms with E-state index in [0.29, 0.717) is 12.0 Å². The van der Waals surface area contributed by atoms with E-state index in [4.69, 9.17) is 11.6 Å². The third-order valence-electron chi connectivity index (χ3n) is 2.80. The molecule has 1 aromatic rings. The van der Waals surface area contributed by atoms with Gasteiger partial charge in [0.05, 0.1) is 5.02 Å². The minimum absolute atomic E-state index is 0.182. The number of hydrogen-bond donors (Lipinski definition) is 1. The highest BCUT2D eigenvalue weighted by Crippen LogP contribution is 2.21. The first-order valence-corrected chi connectivity index (χ1v) is 6.49. The van der Waals surface area contributed by atoms with E-state index in [1.54, 1.807) is 12.1 Å². The lowest BCUT2D eigenvalue weighted by molar-refractivity contribution is 0.406. The van der Waals surface area contributed by atoms with Crippen molar-refractivity contribution >= 4 is 11.6 Å². The van der Waals surface area contributed by atoms with Gasteiger partial charge in [-0.05, 0) is 43.9 Å². The quantitative estimate of drug-likeness (QED) is 0.815. The van der Waals surface area contributed by atoms with Gasteiger partial charge in [0.25, 0.3) is 0 Å². The van der Waals surface area contributed by atoms with Gasteiger partial charge in [-0.25, -0.2) is 4.39 Å². The maximum Gasteiger partial charge on any atom is 0.141 e. The molecule has 0 saturated heterocycles. The Labute approximate surface area is 108 Å². The van der Waals surface area contributed by atoms with Crippen LogP contribution >= 0.6 is 11.6 Å². The Balaban J connectivity index is 2.63. The third-order valence-corrected chi connectivity index (χ3v) is 3.09. The van der Waals surface area contributed by atoms with Gasteiger partial charge in [-0.2, -0.15) is 0 Å². The van der Waals surface area contributed by atoms with Crippen molar-refractivity contribution in [2.45, 2.75) is 46.2 Å². The first-order chi connectivity index (χ1) is 7.90. The van der Waals surface area contributed by atoms with E-state index in [-0.39, 0.29) is 16.9 Å². The average Bonchev–Trinajstić information content (AvgIpc) is 2.20. The predicted molar refractivity (Wildman–Crippen MR) is 71.9 cm³/mol. The summed E-state index contributed by atoms with van der Waals surface area (Å²) in [6.45, 7) is 8.65. The molecular weight excluding hydrogens is 237 g/mol. The van der Waals surface area contributed by atoms with Gasteiger partial charge in [0.1, 0.15) is 5.82 Å². The normalized spacial score (nSPS) is 15.0. The topological polar surface area (TPSA) is 12.0 Å². The van der Waals surface area contributed by atoms with E-state index in [1.165, 1.54) is 6.07 Å². The Morgan fingerprint density at radius 3 is 2.41 bits per heavy atom. The lowest BCUT2D eigenvalue weighted by atomic mass is 10.0. The van der Waals surface area contributed by atoms with Crippen molar-refractivity contribution in [2.24, 2.45) is 5.92 Å². The molecule has 2 atom stereocenters. The van der Waals surface area contributed by atoms with Crippen LogP contribution in [-0.2, 0) is 0 Å². The number of hydrogen-bond acceptors (Lipinski definition) is 1. The van der Waals surface area contributed by atoms with E-state index in [2.05, 4.69) is 33.0 Å². The highest BCUT2D eigenvalue weighted by molar-refractivity contribution is 6.30. The summed E-state index contributed by atoms with van der Waals surface area (Å²) >= 11 is 5.78. The van der Waals surface area contributed by atoms with Crippen LogP contribution in [0.25, 0.3) is 0 Å². The average molecular weight is 258 g/mol. The SMILES string of the molecule is CC(C)CC(C)NC(C)c1ccc(F)c(Cl)c1. The Hall–Kier alpha value is -0.600. The maximum atomic E-state index is 13.0. The molecule has 1 N–H and O–H groups in total. The monoisotopic (exact) mass is 257 g/mol. The molecule has 0 aliphatic heterocycles. The van der Waals surface area contributed by atoms with Crippen LogP contribution in [0.15, 0.2) is 18.2 Å². The van der Waals surface area contributed by atoms with Gasteiger partial charge in [-0.15, -0.1) is 0 Å². The van der Waals surface area contributed by atoms with Gasteiger partial charge in [-0.1, -0.05) is 31.5 Å². The summed E-state index contributed by atoms with van der Waals surface area (Å²) in [7, 11) is 0. The Morgan fingerprint density at radius 1 is 1.24 bits per heavy atom. The Kier molecular flexibility index (Phi) is 5.41. The first kappa shape index (κ1) is 14.5. The lowest BCUT2D eigenvalue weighted by Crippen LogP contribution is -2.30. The summed E-state index contributed by atoms with van der Waals surface area (Å²) in [6, 6.07) is 5.51. The molecule has 1 aromatic carbocycles. The van der Waals surface area contributed by atoms with Crippen molar-refractivity contribution in [3.63, 3.8) is 0 Å². The summed E-state index contributed by atoms with van der Waals surface area (Å²) in [5.74, 6) is 0.305. The molecule has 0 heterocycles. The van der Waals surface area contributed by atoms with Crippen LogP contribution in [0.1, 0.15) is 45.7 Å². The van der Waals surface area contributed by atoms with E-state index in [0.717, 1.165) is 12.0 Å². The minimum Gasteiger partial charge on any atom is -0.308 e. The molecule has 3 heteroatoms. The molecule has 0 saturated carbocycles. The fourth-order valence-corrected chi connectivity index (χ4v) is 2.27. The molecule has 2 unspecified atom stereocenters. The van der Waals surface area contributed by atoms with Gasteiger partial charge < -0.3 is 5.32 Å². The molecule has 1 rings (SSSR count). The van der Waals surface area contributed by atoms with Gasteiger partial charge in [-0.3, -0.25) is 0 Å².